The van der Waals surface area contributed by atoms with Crippen LogP contribution in [0.3, 0.4) is 0 Å². The van der Waals surface area contributed by atoms with E-state index in [-0.39, 0.29) is 6.29 Å². The highest BCUT2D eigenvalue weighted by Gasteiger charge is 2.34. The van der Waals surface area contributed by atoms with Gasteiger partial charge in [0.2, 0.25) is 6.29 Å². The molecule has 0 amide bonds. The molecule has 0 radical (unpaired) electrons. The Morgan fingerprint density at radius 1 is 1.31 bits per heavy atom. The molecule has 4 nitrogen and oxygen atoms in total. The number of hydrogen-bond donors (Lipinski definition) is 1. The van der Waals surface area contributed by atoms with Gasteiger partial charge in [-0.1, -0.05) is 12.1 Å². The Labute approximate surface area is 76.4 Å². The Hall–Kier alpha value is -1.71. The summed E-state index contributed by atoms with van der Waals surface area (Å²) in [6, 6.07) is 8.27. The fraction of sp³-hybridized carbons (Fsp3) is 0.222. The van der Waals surface area contributed by atoms with E-state index in [9.17, 15) is 0 Å². The summed E-state index contributed by atoms with van der Waals surface area (Å²) in [5.41, 5.74) is 5.51. The summed E-state index contributed by atoms with van der Waals surface area (Å²) in [7, 11) is 2.05. The summed E-state index contributed by atoms with van der Waals surface area (Å²) in [6.45, 7) is 0. The zero-order valence-electron chi connectivity index (χ0n) is 7.31. The molecule has 0 fully saturated rings. The van der Waals surface area contributed by atoms with E-state index in [1.165, 1.54) is 11.4 Å². The topological polar surface area (TPSA) is 30.9 Å². The fourth-order valence-corrected chi connectivity index (χ4v) is 1.85. The molecule has 0 spiro atoms. The SMILES string of the molecule is CN1c2ccccc2N2NC=NC12. The van der Waals surface area contributed by atoms with E-state index in [0.29, 0.717) is 0 Å². The minimum atomic E-state index is 0.0948. The molecule has 0 aliphatic carbocycles. The van der Waals surface area contributed by atoms with Crippen LogP contribution >= 0.6 is 0 Å². The maximum atomic E-state index is 4.31. The maximum absolute atomic E-state index is 4.31. The molecular formula is C9H10N4. The van der Waals surface area contributed by atoms with E-state index in [0.717, 1.165) is 0 Å². The summed E-state index contributed by atoms with van der Waals surface area (Å²) in [5, 5.41) is 2.05. The van der Waals surface area contributed by atoms with Crippen molar-refractivity contribution in [3.8, 4) is 0 Å². The van der Waals surface area contributed by atoms with Crippen LogP contribution < -0.4 is 15.3 Å². The lowest BCUT2D eigenvalue weighted by atomic mass is 10.3. The lowest BCUT2D eigenvalue weighted by Crippen LogP contribution is -2.41. The molecule has 1 aromatic carbocycles. The van der Waals surface area contributed by atoms with Crippen LogP contribution in [-0.4, -0.2) is 19.7 Å². The second kappa shape index (κ2) is 2.16. The molecule has 1 N–H and O–H groups in total. The van der Waals surface area contributed by atoms with E-state index in [4.69, 9.17) is 0 Å². The predicted molar refractivity (Wildman–Crippen MR) is 52.7 cm³/mol. The van der Waals surface area contributed by atoms with Crippen LogP contribution in [-0.2, 0) is 0 Å². The summed E-state index contributed by atoms with van der Waals surface area (Å²) >= 11 is 0. The van der Waals surface area contributed by atoms with Gasteiger partial charge in [0.1, 0.15) is 6.34 Å². The van der Waals surface area contributed by atoms with Gasteiger partial charge in [-0.2, -0.15) is 0 Å². The van der Waals surface area contributed by atoms with E-state index in [1.807, 2.05) is 19.2 Å². The molecule has 2 heterocycles. The normalized spacial score (nSPS) is 23.0. The Morgan fingerprint density at radius 2 is 2.08 bits per heavy atom. The highest BCUT2D eigenvalue weighted by atomic mass is 15.7. The number of nitrogens with one attached hydrogen (secondary N) is 1. The zero-order chi connectivity index (χ0) is 8.84. The van der Waals surface area contributed by atoms with Crippen LogP contribution in [0.4, 0.5) is 11.4 Å². The average Bonchev–Trinajstić information content (AvgIpc) is 2.72. The summed E-state index contributed by atoms with van der Waals surface area (Å²) in [6.07, 6.45) is 1.83. The largest absolute Gasteiger partial charge is 0.333 e. The van der Waals surface area contributed by atoms with Crippen molar-refractivity contribution in [1.29, 1.82) is 0 Å². The van der Waals surface area contributed by atoms with Gasteiger partial charge in [-0.05, 0) is 12.1 Å². The van der Waals surface area contributed by atoms with Gasteiger partial charge in [0.25, 0.3) is 0 Å². The van der Waals surface area contributed by atoms with E-state index < -0.39 is 0 Å². The van der Waals surface area contributed by atoms with Crippen LogP contribution in [0, 0.1) is 0 Å². The Kier molecular flexibility index (Phi) is 1.12. The molecule has 1 aromatic rings. The molecule has 3 rings (SSSR count). The van der Waals surface area contributed by atoms with Gasteiger partial charge in [-0.15, -0.1) is 0 Å². The van der Waals surface area contributed by atoms with Crippen LogP contribution in [0.1, 0.15) is 0 Å². The summed E-state index contributed by atoms with van der Waals surface area (Å²) in [4.78, 5) is 6.45. The maximum Gasteiger partial charge on any atom is 0.218 e. The van der Waals surface area contributed by atoms with E-state index >= 15 is 0 Å². The number of nitrogens with zero attached hydrogens (tertiary/aromatic N) is 3. The first kappa shape index (κ1) is 6.77. The second-order valence-electron chi connectivity index (χ2n) is 3.22. The number of fused-ring (bicyclic) bond motifs is 3. The molecule has 4 heteroatoms. The number of benzene rings is 1. The first-order chi connectivity index (χ1) is 6.38. The van der Waals surface area contributed by atoms with Gasteiger partial charge in [-0.25, -0.2) is 10.0 Å². The van der Waals surface area contributed by atoms with Crippen LogP contribution in [0.15, 0.2) is 29.3 Å². The first-order valence-electron chi connectivity index (χ1n) is 4.27. The van der Waals surface area contributed by atoms with Crippen molar-refractivity contribution in [2.75, 3.05) is 17.0 Å². The van der Waals surface area contributed by atoms with Crippen molar-refractivity contribution in [3.63, 3.8) is 0 Å². The minimum Gasteiger partial charge on any atom is -0.333 e. The lowest BCUT2D eigenvalue weighted by Gasteiger charge is -2.20. The highest BCUT2D eigenvalue weighted by Crippen LogP contribution is 2.38. The molecule has 0 saturated heterocycles. The number of anilines is 2. The van der Waals surface area contributed by atoms with Crippen molar-refractivity contribution in [1.82, 2.24) is 5.43 Å². The van der Waals surface area contributed by atoms with E-state index in [2.05, 4.69) is 32.5 Å². The first-order valence-corrected chi connectivity index (χ1v) is 4.27. The van der Waals surface area contributed by atoms with Gasteiger partial charge in [0, 0.05) is 7.05 Å². The smallest absolute Gasteiger partial charge is 0.218 e. The Morgan fingerprint density at radius 3 is 2.92 bits per heavy atom. The third kappa shape index (κ3) is 0.722. The van der Waals surface area contributed by atoms with Crippen molar-refractivity contribution in [2.24, 2.45) is 4.99 Å². The molecule has 2 aliphatic heterocycles. The van der Waals surface area contributed by atoms with Gasteiger partial charge >= 0.3 is 0 Å². The van der Waals surface area contributed by atoms with Crippen molar-refractivity contribution >= 4 is 17.7 Å². The van der Waals surface area contributed by atoms with Crippen molar-refractivity contribution in [2.45, 2.75) is 6.29 Å². The number of aliphatic imine (C=N–C) groups is 1. The highest BCUT2D eigenvalue weighted by molar-refractivity contribution is 5.81. The lowest BCUT2D eigenvalue weighted by molar-refractivity contribution is 0.659. The van der Waals surface area contributed by atoms with Gasteiger partial charge in [-0.3, -0.25) is 5.43 Å². The molecule has 2 aliphatic rings. The quantitative estimate of drug-likeness (QED) is 0.630. The third-order valence-corrected chi connectivity index (χ3v) is 2.50. The molecule has 0 aromatic heterocycles. The van der Waals surface area contributed by atoms with Crippen LogP contribution in [0.25, 0.3) is 0 Å². The van der Waals surface area contributed by atoms with Gasteiger partial charge in [0.15, 0.2) is 0 Å². The van der Waals surface area contributed by atoms with E-state index in [1.54, 1.807) is 6.34 Å². The zero-order valence-corrected chi connectivity index (χ0v) is 7.31. The number of hydrogen-bond acceptors (Lipinski definition) is 4. The molecule has 13 heavy (non-hydrogen) atoms. The molecule has 1 unspecified atom stereocenters. The predicted octanol–water partition coefficient (Wildman–Crippen LogP) is 0.773. The molecular weight excluding hydrogens is 164 g/mol. The van der Waals surface area contributed by atoms with Crippen LogP contribution in [0.2, 0.25) is 0 Å². The number of para-hydroxylation sites is 2. The Bertz CT molecular complexity index is 374. The minimum absolute atomic E-state index is 0.0948. The molecule has 0 bridgehead atoms. The Balaban J connectivity index is 2.16. The average molecular weight is 174 g/mol. The number of rotatable bonds is 0. The molecule has 66 valence electrons. The van der Waals surface area contributed by atoms with Crippen molar-refractivity contribution in [3.05, 3.63) is 24.3 Å². The fourth-order valence-electron chi connectivity index (χ4n) is 1.85. The van der Waals surface area contributed by atoms with Crippen molar-refractivity contribution < 1.29 is 0 Å². The van der Waals surface area contributed by atoms with Gasteiger partial charge in [0.05, 0.1) is 11.4 Å². The van der Waals surface area contributed by atoms with Gasteiger partial charge < -0.3 is 4.90 Å². The van der Waals surface area contributed by atoms with Crippen LogP contribution in [0.5, 0.6) is 0 Å². The monoisotopic (exact) mass is 174 g/mol. The molecule has 0 saturated carbocycles. The second-order valence-corrected chi connectivity index (χ2v) is 3.22. The number of hydrazine groups is 1. The third-order valence-electron chi connectivity index (χ3n) is 2.50. The summed E-state index contributed by atoms with van der Waals surface area (Å²) in [5.74, 6) is 0. The standard InChI is InChI=1S/C9H10N4/c1-12-7-4-2-3-5-8(7)13-9(12)10-6-11-13/h2-6,9H,1H3,(H,10,11). The summed E-state index contributed by atoms with van der Waals surface area (Å²) < 4.78 is 0. The molecule has 1 atom stereocenters.